The fourth-order valence-electron chi connectivity index (χ4n) is 7.58. The molecule has 0 aliphatic heterocycles. The van der Waals surface area contributed by atoms with Gasteiger partial charge in [-0.05, 0) is 55.6 Å². The summed E-state index contributed by atoms with van der Waals surface area (Å²) in [6.45, 7) is 5.56. The van der Waals surface area contributed by atoms with Crippen molar-refractivity contribution in [1.29, 1.82) is 0 Å². The van der Waals surface area contributed by atoms with Crippen molar-refractivity contribution in [2.24, 2.45) is 28.6 Å². The predicted molar refractivity (Wildman–Crippen MR) is 119 cm³/mol. The number of carbonyl (C=O) groups is 3. The second-order valence-electron chi connectivity index (χ2n) is 10.6. The molecule has 4 N–H and O–H groups in total. The number of carboxylic acids is 1. The first-order valence-electron chi connectivity index (χ1n) is 11.2. The highest BCUT2D eigenvalue weighted by Gasteiger charge is 2.74. The lowest BCUT2D eigenvalue weighted by molar-refractivity contribution is -0.184. The number of hydrogen-bond acceptors (Lipinski definition) is 6. The second kappa shape index (κ2) is 7.32. The fourth-order valence-corrected chi connectivity index (χ4v) is 8.68. The molecule has 4 rings (SSSR count). The van der Waals surface area contributed by atoms with Gasteiger partial charge in [-0.3, -0.25) is 14.4 Å². The Hall–Kier alpha value is -1.35. The van der Waals surface area contributed by atoms with E-state index < -0.39 is 57.1 Å². The van der Waals surface area contributed by atoms with E-state index in [1.165, 1.54) is 6.08 Å². The molecule has 0 aromatic rings. The van der Waals surface area contributed by atoms with Gasteiger partial charge in [0, 0.05) is 10.8 Å². The lowest BCUT2D eigenvalue weighted by Crippen LogP contribution is -2.69. The number of allylic oxidation sites excluding steroid dienone is 4. The van der Waals surface area contributed by atoms with Gasteiger partial charge in [0.1, 0.15) is 11.7 Å². The number of Topliss-reactive ketones (excluding diaryl/α,β-unsaturated/α-hetero) is 1. The standard InChI is InChI=1S/C24H31BrO7/c1-12-8-16-15-5-4-13-9-14(26)6-7-21(13,2)23(15,25)18(28)11-22(16,3)24(12,32)20(31)17(27)10-19(29)30/h6-7,9,12,15-18,27-28,32H,4-5,8,10-11H2,1-3H3,(H,29,30)/t12?,15-,16-,17?,18?,21-,22-,23?,24-/m0/s1. The molecule has 0 aromatic heterocycles. The first-order chi connectivity index (χ1) is 14.7. The Morgan fingerprint density at radius 2 is 1.94 bits per heavy atom. The van der Waals surface area contributed by atoms with Gasteiger partial charge >= 0.3 is 5.97 Å². The number of aliphatic hydroxyl groups is 3. The maximum Gasteiger partial charge on any atom is 0.306 e. The van der Waals surface area contributed by atoms with Gasteiger partial charge in [0.2, 0.25) is 0 Å². The highest BCUT2D eigenvalue weighted by Crippen LogP contribution is 2.72. The van der Waals surface area contributed by atoms with Crippen LogP contribution in [0.4, 0.5) is 0 Å². The molecule has 176 valence electrons. The molecule has 0 bridgehead atoms. The Labute approximate surface area is 195 Å². The van der Waals surface area contributed by atoms with Crippen molar-refractivity contribution in [3.05, 3.63) is 23.8 Å². The van der Waals surface area contributed by atoms with Crippen LogP contribution >= 0.6 is 15.9 Å². The SMILES string of the molecule is CC1C[C@H]2[C@@H]3CCC4=CC(=O)C=C[C@]4(C)C3(Br)C(O)C[C@]2(C)[C@@]1(O)C(=O)C(O)CC(=O)O. The summed E-state index contributed by atoms with van der Waals surface area (Å²) < 4.78 is -0.779. The van der Waals surface area contributed by atoms with Crippen molar-refractivity contribution in [3.8, 4) is 0 Å². The summed E-state index contributed by atoms with van der Waals surface area (Å²) in [5, 5.41) is 42.7. The molecule has 4 aliphatic rings. The zero-order valence-corrected chi connectivity index (χ0v) is 20.1. The minimum Gasteiger partial charge on any atom is -0.481 e. The third-order valence-corrected chi connectivity index (χ3v) is 11.2. The van der Waals surface area contributed by atoms with Crippen LogP contribution in [0, 0.1) is 28.6 Å². The molecule has 4 unspecified atom stereocenters. The molecule has 0 aromatic carbocycles. The van der Waals surface area contributed by atoms with Gasteiger partial charge in [-0.2, -0.15) is 0 Å². The lowest BCUT2D eigenvalue weighted by atomic mass is 9.46. The molecule has 3 saturated carbocycles. The highest BCUT2D eigenvalue weighted by atomic mass is 79.9. The molecule has 8 heteroatoms. The van der Waals surface area contributed by atoms with Crippen LogP contribution in [0.3, 0.4) is 0 Å². The summed E-state index contributed by atoms with van der Waals surface area (Å²) in [6, 6.07) is 0. The molecule has 0 amide bonds. The zero-order valence-electron chi connectivity index (χ0n) is 18.5. The molecule has 3 fully saturated rings. The average Bonchev–Trinajstić information content (AvgIpc) is 2.90. The van der Waals surface area contributed by atoms with E-state index in [9.17, 15) is 29.7 Å². The largest absolute Gasteiger partial charge is 0.481 e. The van der Waals surface area contributed by atoms with Crippen molar-refractivity contribution < 1.29 is 34.8 Å². The zero-order chi connectivity index (χ0) is 23.9. The van der Waals surface area contributed by atoms with Crippen molar-refractivity contribution in [3.63, 3.8) is 0 Å². The minimum absolute atomic E-state index is 0.0657. The van der Waals surface area contributed by atoms with Gasteiger partial charge in [0.25, 0.3) is 0 Å². The number of halogens is 1. The molecular formula is C24H31BrO7. The topological polar surface area (TPSA) is 132 Å². The molecule has 0 spiro atoms. The van der Waals surface area contributed by atoms with E-state index in [1.807, 2.05) is 13.0 Å². The smallest absolute Gasteiger partial charge is 0.306 e. The quantitative estimate of drug-likeness (QED) is 0.426. The van der Waals surface area contributed by atoms with Crippen LogP contribution in [-0.2, 0) is 14.4 Å². The van der Waals surface area contributed by atoms with E-state index in [-0.39, 0.29) is 24.0 Å². The van der Waals surface area contributed by atoms with Gasteiger partial charge in [-0.25, -0.2) is 0 Å². The van der Waals surface area contributed by atoms with Crippen molar-refractivity contribution in [1.82, 2.24) is 0 Å². The van der Waals surface area contributed by atoms with Crippen molar-refractivity contribution in [2.75, 3.05) is 0 Å². The molecule has 7 nitrogen and oxygen atoms in total. The number of carbonyl (C=O) groups excluding carboxylic acids is 2. The number of aliphatic hydroxyl groups excluding tert-OH is 2. The highest BCUT2D eigenvalue weighted by molar-refractivity contribution is 9.10. The normalized spacial score (nSPS) is 48.3. The third-order valence-electron chi connectivity index (χ3n) is 9.27. The number of hydrogen-bond donors (Lipinski definition) is 4. The summed E-state index contributed by atoms with van der Waals surface area (Å²) in [6.07, 6.45) is 3.51. The maximum absolute atomic E-state index is 13.2. The second-order valence-corrected chi connectivity index (χ2v) is 12.0. The van der Waals surface area contributed by atoms with Crippen LogP contribution in [0.1, 0.15) is 52.9 Å². The summed E-state index contributed by atoms with van der Waals surface area (Å²) in [4.78, 5) is 36.3. The van der Waals surface area contributed by atoms with Gasteiger partial charge in [0.15, 0.2) is 11.6 Å². The Bertz CT molecular complexity index is 943. The van der Waals surface area contributed by atoms with Crippen LogP contribution in [-0.4, -0.2) is 60.1 Å². The van der Waals surface area contributed by atoms with Gasteiger partial charge < -0.3 is 20.4 Å². The Morgan fingerprint density at radius 3 is 2.56 bits per heavy atom. The van der Waals surface area contributed by atoms with E-state index in [1.54, 1.807) is 19.9 Å². The van der Waals surface area contributed by atoms with Crippen LogP contribution in [0.2, 0.25) is 0 Å². The molecule has 32 heavy (non-hydrogen) atoms. The van der Waals surface area contributed by atoms with E-state index in [4.69, 9.17) is 5.11 Å². The molecule has 9 atom stereocenters. The summed E-state index contributed by atoms with van der Waals surface area (Å²) in [5.41, 5.74) is -2.61. The third kappa shape index (κ3) is 2.79. The first-order valence-corrected chi connectivity index (χ1v) is 12.0. The fraction of sp³-hybridized carbons (Fsp3) is 0.708. The Kier molecular flexibility index (Phi) is 5.45. The van der Waals surface area contributed by atoms with E-state index in [2.05, 4.69) is 15.9 Å². The van der Waals surface area contributed by atoms with E-state index in [0.717, 1.165) is 5.57 Å². The summed E-state index contributed by atoms with van der Waals surface area (Å²) in [7, 11) is 0. The number of aliphatic carboxylic acids is 1. The Balaban J connectivity index is 1.77. The number of carboxylic acid groups (broad SMARTS) is 1. The van der Waals surface area contributed by atoms with Gasteiger partial charge in [0.05, 0.1) is 16.8 Å². The van der Waals surface area contributed by atoms with Crippen molar-refractivity contribution in [2.45, 2.75) is 75.0 Å². The van der Waals surface area contributed by atoms with Crippen LogP contribution in [0.15, 0.2) is 23.8 Å². The minimum atomic E-state index is -1.95. The Morgan fingerprint density at radius 1 is 1.28 bits per heavy atom. The maximum atomic E-state index is 13.2. The molecule has 0 heterocycles. The molecule has 0 radical (unpaired) electrons. The molecular weight excluding hydrogens is 480 g/mol. The predicted octanol–water partition coefficient (Wildman–Crippen LogP) is 2.16. The first kappa shape index (κ1) is 23.8. The molecule has 0 saturated heterocycles. The summed E-state index contributed by atoms with van der Waals surface area (Å²) in [5.74, 6) is -3.01. The van der Waals surface area contributed by atoms with Crippen molar-refractivity contribution >= 4 is 33.5 Å². The van der Waals surface area contributed by atoms with Gasteiger partial charge in [-0.1, -0.05) is 48.4 Å². The number of alkyl halides is 1. The number of fused-ring (bicyclic) bond motifs is 5. The van der Waals surface area contributed by atoms with E-state index >= 15 is 0 Å². The van der Waals surface area contributed by atoms with E-state index in [0.29, 0.717) is 19.3 Å². The van der Waals surface area contributed by atoms with Crippen LogP contribution in [0.5, 0.6) is 0 Å². The summed E-state index contributed by atoms with van der Waals surface area (Å²) >= 11 is 3.93. The van der Waals surface area contributed by atoms with Crippen LogP contribution in [0.25, 0.3) is 0 Å². The average molecular weight is 511 g/mol. The number of rotatable bonds is 4. The number of ketones is 2. The lowest BCUT2D eigenvalue weighted by Gasteiger charge is -2.64. The monoisotopic (exact) mass is 510 g/mol. The van der Waals surface area contributed by atoms with Crippen LogP contribution < -0.4 is 0 Å². The van der Waals surface area contributed by atoms with Gasteiger partial charge in [-0.15, -0.1) is 0 Å². The molecule has 4 aliphatic carbocycles.